The average Bonchev–Trinajstić information content (AvgIpc) is 3.96. The Bertz CT molecular complexity index is 3080. The molecule has 0 saturated heterocycles. The summed E-state index contributed by atoms with van der Waals surface area (Å²) in [5.74, 6) is -1.25. The summed E-state index contributed by atoms with van der Waals surface area (Å²) in [4.78, 5) is 65.6. The Morgan fingerprint density at radius 3 is 1.90 bits per heavy atom. The molecule has 79 heavy (non-hydrogen) atoms. The summed E-state index contributed by atoms with van der Waals surface area (Å²) in [6.07, 6.45) is 12.3. The smallest absolute Gasteiger partial charge is 0.326 e. The van der Waals surface area contributed by atoms with Crippen LogP contribution >= 0.6 is 23.2 Å². The van der Waals surface area contributed by atoms with Gasteiger partial charge in [-0.15, -0.1) is 0 Å². The summed E-state index contributed by atoms with van der Waals surface area (Å²) in [5.41, 5.74) is 5.58. The van der Waals surface area contributed by atoms with Crippen LogP contribution in [-0.2, 0) is 19.7 Å². The quantitative estimate of drug-likeness (QED) is 0.0601. The molecule has 1 aliphatic heterocycles. The van der Waals surface area contributed by atoms with Crippen LogP contribution < -0.4 is 15.4 Å². The van der Waals surface area contributed by atoms with Crippen molar-refractivity contribution >= 4 is 64.3 Å². The Labute approximate surface area is 474 Å². The molecule has 6 aromatic carbocycles. The number of benzene rings is 6. The fourth-order valence-corrected chi connectivity index (χ4v) is 9.32. The fourth-order valence-electron chi connectivity index (χ4n) is 8.85. The Morgan fingerprint density at radius 2 is 1.29 bits per heavy atom. The minimum Gasteiger partial charge on any atom is -0.486 e. The molecule has 0 saturated carbocycles. The standard InChI is InChI=1S/C24H32O4.C22H19ClN2O3.C19H19ClFNO/c1-3-4-5-6-7-8-9-10-11-12-17-21-22(26)19-15-13-14-16-20(19)23(27)24(21)28-18(2)25;1-15(16-7-3-2-4-8-16)28-18-13-11-17(12-14-18)24-22(27)25-21(26)19-9-5-6-10-20(19)23;1-19(2,3)13-9-7-12(8-10-13)16-11-23-18(22-16)17-14(20)5-4-6-15(17)21/h13-16H,3-12,17H2,1-2H3;2-15H,1H3,(H2,24,25,26,27);4-10,16H,11H2,1-3H3. The number of unbranched alkanes of at least 4 members (excludes halogenated alkanes) is 9. The Hall–Kier alpha value is -7.41. The van der Waals surface area contributed by atoms with Crippen LogP contribution in [0.15, 0.2) is 162 Å². The molecule has 1 aliphatic carbocycles. The van der Waals surface area contributed by atoms with Crippen molar-refractivity contribution in [2.75, 3.05) is 11.9 Å². The number of nitrogens with zero attached hydrogens (tertiary/aromatic N) is 1. The van der Waals surface area contributed by atoms with Gasteiger partial charge >= 0.3 is 12.0 Å². The van der Waals surface area contributed by atoms with E-state index >= 15 is 0 Å². The van der Waals surface area contributed by atoms with Gasteiger partial charge < -0.3 is 19.5 Å². The minimum atomic E-state index is -0.642. The molecule has 0 radical (unpaired) electrons. The molecule has 8 rings (SSSR count). The number of urea groups is 1. The first-order valence-electron chi connectivity index (χ1n) is 27.0. The number of anilines is 1. The highest BCUT2D eigenvalue weighted by Gasteiger charge is 2.34. The predicted molar refractivity (Wildman–Crippen MR) is 312 cm³/mol. The lowest BCUT2D eigenvalue weighted by Crippen LogP contribution is -2.34. The van der Waals surface area contributed by atoms with Crippen molar-refractivity contribution in [3.8, 4) is 5.75 Å². The van der Waals surface area contributed by atoms with Crippen molar-refractivity contribution in [3.63, 3.8) is 0 Å². The van der Waals surface area contributed by atoms with E-state index in [0.717, 1.165) is 30.4 Å². The van der Waals surface area contributed by atoms with Gasteiger partial charge in [-0.3, -0.25) is 24.5 Å². The molecule has 0 fully saturated rings. The van der Waals surface area contributed by atoms with Gasteiger partial charge in [0, 0.05) is 29.3 Å². The minimum absolute atomic E-state index is 0.0767. The third-order valence-electron chi connectivity index (χ3n) is 13.2. The van der Waals surface area contributed by atoms with E-state index in [0.29, 0.717) is 46.2 Å². The van der Waals surface area contributed by atoms with Crippen LogP contribution in [0.5, 0.6) is 5.75 Å². The van der Waals surface area contributed by atoms with Crippen molar-refractivity contribution in [2.24, 2.45) is 4.99 Å². The number of esters is 1. The van der Waals surface area contributed by atoms with Gasteiger partial charge in [-0.1, -0.05) is 206 Å². The van der Waals surface area contributed by atoms with Crippen LogP contribution in [0.1, 0.15) is 178 Å². The third kappa shape index (κ3) is 18.1. The number of allylic oxidation sites excluding steroid dienone is 2. The molecule has 0 aromatic heterocycles. The third-order valence-corrected chi connectivity index (χ3v) is 13.9. The number of ketones is 2. The van der Waals surface area contributed by atoms with Gasteiger partial charge in [-0.05, 0) is 90.4 Å². The largest absolute Gasteiger partial charge is 0.486 e. The highest BCUT2D eigenvalue weighted by atomic mass is 35.5. The molecule has 2 atom stereocenters. The lowest BCUT2D eigenvalue weighted by atomic mass is 9.86. The zero-order valence-electron chi connectivity index (χ0n) is 45.8. The number of ether oxygens (including phenoxy) is 3. The zero-order valence-corrected chi connectivity index (χ0v) is 47.4. The summed E-state index contributed by atoms with van der Waals surface area (Å²) in [6.45, 7) is 12.4. The van der Waals surface area contributed by atoms with Crippen LogP contribution in [0.2, 0.25) is 10.0 Å². The average molecular weight is 1110 g/mol. The van der Waals surface area contributed by atoms with Crippen molar-refractivity contribution in [3.05, 3.63) is 212 Å². The first-order chi connectivity index (χ1) is 37.9. The molecule has 2 aliphatic rings. The summed E-state index contributed by atoms with van der Waals surface area (Å²) in [6, 6.07) is 42.2. The van der Waals surface area contributed by atoms with E-state index in [4.69, 9.17) is 37.4 Å². The number of Topliss-reactive ketones (excluding diaryl/α,β-unsaturated/α-hetero) is 2. The lowest BCUT2D eigenvalue weighted by Gasteiger charge is -2.20. The van der Waals surface area contributed by atoms with E-state index in [1.165, 1.54) is 63.5 Å². The van der Waals surface area contributed by atoms with E-state index in [1.807, 2.05) is 37.3 Å². The molecule has 2 unspecified atom stereocenters. The molecular formula is C65H70Cl2FN3O8. The Balaban J connectivity index is 0.000000192. The van der Waals surface area contributed by atoms with Crippen LogP contribution in [0.3, 0.4) is 0 Å². The van der Waals surface area contributed by atoms with Crippen molar-refractivity contribution < 1.29 is 42.6 Å². The number of rotatable bonds is 19. The van der Waals surface area contributed by atoms with E-state index in [1.54, 1.807) is 84.9 Å². The molecule has 0 bridgehead atoms. The molecule has 11 nitrogen and oxygen atoms in total. The van der Waals surface area contributed by atoms with E-state index in [-0.39, 0.29) is 56.9 Å². The number of amides is 3. The van der Waals surface area contributed by atoms with Crippen LogP contribution in [0.25, 0.3) is 0 Å². The molecular weight excluding hydrogens is 1040 g/mol. The summed E-state index contributed by atoms with van der Waals surface area (Å²) in [5, 5.41) is 5.45. The first-order valence-corrected chi connectivity index (χ1v) is 27.7. The molecule has 2 N–H and O–H groups in total. The second kappa shape index (κ2) is 30.1. The number of nitrogens with one attached hydrogen (secondary N) is 2. The second-order valence-corrected chi connectivity index (χ2v) is 21.2. The summed E-state index contributed by atoms with van der Waals surface area (Å²) < 4.78 is 30.6. The van der Waals surface area contributed by atoms with Gasteiger partial charge in [0.25, 0.3) is 5.91 Å². The monoisotopic (exact) mass is 1110 g/mol. The lowest BCUT2D eigenvalue weighted by molar-refractivity contribution is -0.136. The van der Waals surface area contributed by atoms with Crippen LogP contribution in [0.4, 0.5) is 14.9 Å². The molecule has 3 amide bonds. The van der Waals surface area contributed by atoms with Gasteiger partial charge in [0.2, 0.25) is 11.7 Å². The second-order valence-electron chi connectivity index (χ2n) is 20.4. The maximum absolute atomic E-state index is 14.0. The van der Waals surface area contributed by atoms with Gasteiger partial charge in [0.05, 0.1) is 21.2 Å². The van der Waals surface area contributed by atoms with Crippen molar-refractivity contribution in [1.29, 1.82) is 0 Å². The molecule has 0 spiro atoms. The Kier molecular flexibility index (Phi) is 23.2. The van der Waals surface area contributed by atoms with Crippen LogP contribution in [-0.4, -0.2) is 42.0 Å². The fraction of sp³-hybridized carbons (Fsp3) is 0.323. The van der Waals surface area contributed by atoms with Gasteiger partial charge in [0.15, 0.2) is 11.5 Å². The van der Waals surface area contributed by atoms with E-state index in [2.05, 4.69) is 67.6 Å². The van der Waals surface area contributed by atoms with Gasteiger partial charge in [0.1, 0.15) is 30.3 Å². The highest BCUT2D eigenvalue weighted by molar-refractivity contribution is 6.34. The number of carbonyl (C=O) groups excluding carboxylic acids is 5. The molecule has 414 valence electrons. The Morgan fingerprint density at radius 1 is 0.709 bits per heavy atom. The molecule has 14 heteroatoms. The number of hydrogen-bond acceptors (Lipinski definition) is 9. The zero-order chi connectivity index (χ0) is 56.9. The SMILES string of the molecule is CC(C)(C)c1ccc(C2COC(c3c(F)cccc3Cl)=N2)cc1.CC(Oc1ccc(NC(=O)NC(=O)c2ccccc2Cl)cc1)c1ccccc1.CCCCCCCCCCCCC1=C(OC(C)=O)C(=O)c2ccccc2C1=O. The molecule has 1 heterocycles. The number of imide groups is 1. The van der Waals surface area contributed by atoms with Crippen LogP contribution in [0, 0.1) is 5.82 Å². The normalized spacial score (nSPS) is 14.0. The maximum Gasteiger partial charge on any atom is 0.326 e. The summed E-state index contributed by atoms with van der Waals surface area (Å²) in [7, 11) is 0. The summed E-state index contributed by atoms with van der Waals surface area (Å²) >= 11 is 12.0. The number of hydrogen-bond donors (Lipinski definition) is 2. The first kappa shape index (κ1) is 60.8. The topological polar surface area (TPSA) is 149 Å². The van der Waals surface area contributed by atoms with E-state index < -0.39 is 23.7 Å². The number of fused-ring (bicyclic) bond motifs is 1. The number of aliphatic imine (C=N–C) groups is 1. The predicted octanol–water partition coefficient (Wildman–Crippen LogP) is 16.9. The van der Waals surface area contributed by atoms with Crippen molar-refractivity contribution in [2.45, 2.75) is 130 Å². The van der Waals surface area contributed by atoms with E-state index in [9.17, 15) is 28.4 Å². The van der Waals surface area contributed by atoms with Gasteiger partial charge in [-0.25, -0.2) is 14.2 Å². The van der Waals surface area contributed by atoms with Gasteiger partial charge in [-0.2, -0.15) is 0 Å². The van der Waals surface area contributed by atoms with Crippen molar-refractivity contribution in [1.82, 2.24) is 5.32 Å². The highest BCUT2D eigenvalue weighted by Crippen LogP contribution is 2.33. The molecule has 6 aromatic rings. The number of halogens is 3. The number of carbonyl (C=O) groups is 5. The maximum atomic E-state index is 14.0.